The van der Waals surface area contributed by atoms with E-state index in [4.69, 9.17) is 9.15 Å². The molecule has 8 heteroatoms. The molecule has 1 aliphatic heterocycles. The standard InChI is InChI=1S/C23H28N4O4/c1-16-12-19(18(3)27(16)17(2)15-30-4)13-20(14-24)22(28)25-7-9-26(10-8-25)23(29)21-6-5-11-31-21/h5-6,11-13,17H,7-10,15H2,1-4H3/b20-13+. The Labute approximate surface area is 182 Å². The van der Waals surface area contributed by atoms with Gasteiger partial charge >= 0.3 is 0 Å². The van der Waals surface area contributed by atoms with Crippen molar-refractivity contribution in [3.05, 3.63) is 52.7 Å². The number of hydrogen-bond donors (Lipinski definition) is 0. The van der Waals surface area contributed by atoms with Gasteiger partial charge in [-0.1, -0.05) is 0 Å². The largest absolute Gasteiger partial charge is 0.459 e. The molecule has 164 valence electrons. The van der Waals surface area contributed by atoms with Gasteiger partial charge in [-0.2, -0.15) is 5.26 Å². The number of aromatic nitrogens is 1. The van der Waals surface area contributed by atoms with Gasteiger partial charge in [-0.05, 0) is 50.6 Å². The number of amides is 2. The van der Waals surface area contributed by atoms with Crippen molar-refractivity contribution in [2.75, 3.05) is 39.9 Å². The minimum absolute atomic E-state index is 0.0884. The molecule has 1 saturated heterocycles. The van der Waals surface area contributed by atoms with E-state index in [2.05, 4.69) is 17.6 Å². The van der Waals surface area contributed by atoms with Crippen LogP contribution in [0.25, 0.3) is 6.08 Å². The molecule has 0 aromatic carbocycles. The number of piperazine rings is 1. The number of aryl methyl sites for hydroxylation is 1. The van der Waals surface area contributed by atoms with Crippen LogP contribution in [0.3, 0.4) is 0 Å². The van der Waals surface area contributed by atoms with Crippen LogP contribution in [0, 0.1) is 25.2 Å². The zero-order valence-electron chi connectivity index (χ0n) is 18.4. The van der Waals surface area contributed by atoms with Crippen LogP contribution in [0.1, 0.15) is 40.5 Å². The van der Waals surface area contributed by atoms with Crippen LogP contribution >= 0.6 is 0 Å². The highest BCUT2D eigenvalue weighted by atomic mass is 16.5. The first-order valence-corrected chi connectivity index (χ1v) is 10.3. The SMILES string of the molecule is COCC(C)n1c(C)cc(/C=C(\C#N)C(=O)N2CCN(C(=O)c3ccco3)CC2)c1C. The topological polar surface area (TPSA) is 91.7 Å². The molecule has 0 spiro atoms. The molecule has 0 radical (unpaired) electrons. The van der Waals surface area contributed by atoms with Crippen molar-refractivity contribution in [3.63, 3.8) is 0 Å². The maximum absolute atomic E-state index is 13.0. The number of hydrogen-bond acceptors (Lipinski definition) is 5. The van der Waals surface area contributed by atoms with Crippen molar-refractivity contribution in [2.45, 2.75) is 26.8 Å². The smallest absolute Gasteiger partial charge is 0.289 e. The van der Waals surface area contributed by atoms with E-state index >= 15 is 0 Å². The minimum atomic E-state index is -0.317. The molecule has 3 rings (SSSR count). The number of rotatable bonds is 6. The van der Waals surface area contributed by atoms with Gasteiger partial charge in [-0.25, -0.2) is 0 Å². The van der Waals surface area contributed by atoms with Gasteiger partial charge in [0.1, 0.15) is 11.6 Å². The van der Waals surface area contributed by atoms with Gasteiger partial charge in [0.25, 0.3) is 11.8 Å². The Bertz CT molecular complexity index is 1010. The third kappa shape index (κ3) is 4.72. The van der Waals surface area contributed by atoms with E-state index in [9.17, 15) is 14.9 Å². The monoisotopic (exact) mass is 424 g/mol. The van der Waals surface area contributed by atoms with E-state index in [1.807, 2.05) is 19.9 Å². The number of methoxy groups -OCH3 is 1. The van der Waals surface area contributed by atoms with Gasteiger partial charge in [0.05, 0.1) is 18.9 Å². The second-order valence-corrected chi connectivity index (χ2v) is 7.73. The second kappa shape index (κ2) is 9.67. The van der Waals surface area contributed by atoms with Crippen LogP contribution in [0.4, 0.5) is 0 Å². The minimum Gasteiger partial charge on any atom is -0.459 e. The molecule has 0 bridgehead atoms. The van der Waals surface area contributed by atoms with Gasteiger partial charge in [-0.3, -0.25) is 9.59 Å². The molecule has 2 aromatic heterocycles. The van der Waals surface area contributed by atoms with Crippen molar-refractivity contribution >= 4 is 17.9 Å². The average Bonchev–Trinajstić information content (AvgIpc) is 3.39. The fourth-order valence-corrected chi connectivity index (χ4v) is 4.08. The molecule has 3 heterocycles. The summed E-state index contributed by atoms with van der Waals surface area (Å²) in [7, 11) is 1.67. The molecule has 2 amide bonds. The van der Waals surface area contributed by atoms with Crippen molar-refractivity contribution < 1.29 is 18.7 Å². The molecular formula is C23H28N4O4. The normalized spacial score (nSPS) is 15.6. The summed E-state index contributed by atoms with van der Waals surface area (Å²) in [6.07, 6.45) is 3.12. The second-order valence-electron chi connectivity index (χ2n) is 7.73. The van der Waals surface area contributed by atoms with Crippen molar-refractivity contribution in [1.29, 1.82) is 5.26 Å². The predicted molar refractivity (Wildman–Crippen MR) is 115 cm³/mol. The van der Waals surface area contributed by atoms with E-state index < -0.39 is 0 Å². The lowest BCUT2D eigenvalue weighted by Crippen LogP contribution is -2.50. The number of nitrogens with zero attached hydrogens (tertiary/aromatic N) is 4. The van der Waals surface area contributed by atoms with Gasteiger partial charge in [0.15, 0.2) is 5.76 Å². The average molecular weight is 425 g/mol. The lowest BCUT2D eigenvalue weighted by atomic mass is 10.1. The zero-order valence-corrected chi connectivity index (χ0v) is 18.4. The lowest BCUT2D eigenvalue weighted by Gasteiger charge is -2.34. The lowest BCUT2D eigenvalue weighted by molar-refractivity contribution is -0.128. The zero-order chi connectivity index (χ0) is 22.5. The number of furan rings is 1. The molecule has 1 unspecified atom stereocenters. The molecule has 0 aliphatic carbocycles. The molecule has 8 nitrogen and oxygen atoms in total. The van der Waals surface area contributed by atoms with E-state index in [1.165, 1.54) is 6.26 Å². The van der Waals surface area contributed by atoms with E-state index in [1.54, 1.807) is 35.1 Å². The van der Waals surface area contributed by atoms with Gasteiger partial charge in [0.2, 0.25) is 0 Å². The molecule has 2 aromatic rings. The Balaban J connectivity index is 1.71. The van der Waals surface area contributed by atoms with Crippen molar-refractivity contribution in [3.8, 4) is 6.07 Å². The molecule has 0 N–H and O–H groups in total. The Morgan fingerprint density at radius 3 is 2.52 bits per heavy atom. The third-order valence-electron chi connectivity index (χ3n) is 5.61. The van der Waals surface area contributed by atoms with Crippen molar-refractivity contribution in [1.82, 2.24) is 14.4 Å². The first-order valence-electron chi connectivity index (χ1n) is 10.3. The van der Waals surface area contributed by atoms with Crippen LogP contribution in [0.2, 0.25) is 0 Å². The number of carbonyl (C=O) groups is 2. The van der Waals surface area contributed by atoms with Crippen LogP contribution in [-0.2, 0) is 9.53 Å². The first-order chi connectivity index (χ1) is 14.9. The molecule has 1 aliphatic rings. The molecule has 1 atom stereocenters. The summed E-state index contributed by atoms with van der Waals surface area (Å²) >= 11 is 0. The van der Waals surface area contributed by atoms with Crippen LogP contribution in [-0.4, -0.2) is 66.1 Å². The van der Waals surface area contributed by atoms with Gasteiger partial charge < -0.3 is 23.5 Å². The number of carbonyl (C=O) groups excluding carboxylic acids is 2. The Hall–Kier alpha value is -3.31. The maximum Gasteiger partial charge on any atom is 0.289 e. The number of nitriles is 1. The Morgan fingerprint density at radius 2 is 1.94 bits per heavy atom. The van der Waals surface area contributed by atoms with Crippen molar-refractivity contribution in [2.24, 2.45) is 0 Å². The van der Waals surface area contributed by atoms with E-state index in [0.29, 0.717) is 32.8 Å². The molecule has 0 saturated carbocycles. The van der Waals surface area contributed by atoms with Gasteiger partial charge in [0, 0.05) is 44.7 Å². The summed E-state index contributed by atoms with van der Waals surface area (Å²) in [5.41, 5.74) is 2.96. The quantitative estimate of drug-likeness (QED) is 0.525. The summed E-state index contributed by atoms with van der Waals surface area (Å²) in [6, 6.07) is 7.48. The fraction of sp³-hybridized carbons (Fsp3) is 0.435. The maximum atomic E-state index is 13.0. The van der Waals surface area contributed by atoms with Crippen LogP contribution in [0.5, 0.6) is 0 Å². The predicted octanol–water partition coefficient (Wildman–Crippen LogP) is 2.80. The van der Waals surface area contributed by atoms with E-state index in [-0.39, 0.29) is 29.2 Å². The molecular weight excluding hydrogens is 396 g/mol. The Morgan fingerprint density at radius 1 is 1.26 bits per heavy atom. The fourth-order valence-electron chi connectivity index (χ4n) is 4.08. The number of ether oxygens (including phenoxy) is 1. The molecule has 1 fully saturated rings. The summed E-state index contributed by atoms with van der Waals surface area (Å²) in [6.45, 7) is 8.15. The van der Waals surface area contributed by atoms with Crippen LogP contribution < -0.4 is 0 Å². The summed E-state index contributed by atoms with van der Waals surface area (Å²) < 4.78 is 12.6. The van der Waals surface area contributed by atoms with E-state index in [0.717, 1.165) is 17.0 Å². The summed E-state index contributed by atoms with van der Waals surface area (Å²) in [5.74, 6) is -0.219. The highest BCUT2D eigenvalue weighted by Gasteiger charge is 2.27. The van der Waals surface area contributed by atoms with Crippen LogP contribution in [0.15, 0.2) is 34.5 Å². The Kier molecular flexibility index (Phi) is 6.98. The highest BCUT2D eigenvalue weighted by Crippen LogP contribution is 2.23. The third-order valence-corrected chi connectivity index (χ3v) is 5.61. The summed E-state index contributed by atoms with van der Waals surface area (Å²) in [5, 5.41) is 9.64. The van der Waals surface area contributed by atoms with Gasteiger partial charge in [-0.15, -0.1) is 0 Å². The first kappa shape index (κ1) is 22.4. The molecule has 31 heavy (non-hydrogen) atoms. The highest BCUT2D eigenvalue weighted by molar-refractivity contribution is 6.02. The summed E-state index contributed by atoms with van der Waals surface area (Å²) in [4.78, 5) is 28.6.